The maximum atomic E-state index is 9.94. The lowest BCUT2D eigenvalue weighted by atomic mass is 9.54. The van der Waals surface area contributed by atoms with Crippen LogP contribution in [-0.2, 0) is 19.4 Å². The number of rotatable bonds is 5. The minimum atomic E-state index is 0.361. The molecule has 0 spiro atoms. The molecule has 3 aliphatic carbocycles. The summed E-state index contributed by atoms with van der Waals surface area (Å²) in [5.74, 6) is 3.90. The maximum absolute atomic E-state index is 9.94. The molecule has 2 aromatic carbocycles. The highest BCUT2D eigenvalue weighted by Crippen LogP contribution is 2.63. The quantitative estimate of drug-likeness (QED) is 0.634. The number of aryl methyl sites for hydroxylation is 2. The van der Waals surface area contributed by atoms with Crippen molar-refractivity contribution in [1.29, 1.82) is 0 Å². The zero-order chi connectivity index (χ0) is 20.7. The highest BCUT2D eigenvalue weighted by molar-refractivity contribution is 5.46. The first-order valence-electron chi connectivity index (χ1n) is 12.1. The van der Waals surface area contributed by atoms with Gasteiger partial charge in [0.1, 0.15) is 12.4 Å². The van der Waals surface area contributed by atoms with Gasteiger partial charge < -0.3 is 9.84 Å². The first-order valence-corrected chi connectivity index (χ1v) is 12.1. The van der Waals surface area contributed by atoms with Crippen LogP contribution in [0.2, 0.25) is 0 Å². The van der Waals surface area contributed by atoms with E-state index < -0.39 is 0 Å². The van der Waals surface area contributed by atoms with E-state index in [9.17, 15) is 5.11 Å². The van der Waals surface area contributed by atoms with Gasteiger partial charge in [-0.2, -0.15) is 0 Å². The Kier molecular flexibility index (Phi) is 5.39. The van der Waals surface area contributed by atoms with Crippen molar-refractivity contribution in [3.8, 4) is 5.75 Å². The van der Waals surface area contributed by atoms with Gasteiger partial charge in [-0.15, -0.1) is 0 Å². The van der Waals surface area contributed by atoms with Crippen molar-refractivity contribution in [2.24, 2.45) is 23.2 Å². The highest BCUT2D eigenvalue weighted by atomic mass is 16.5. The van der Waals surface area contributed by atoms with E-state index in [2.05, 4.69) is 56.3 Å². The van der Waals surface area contributed by atoms with Gasteiger partial charge in [0.25, 0.3) is 0 Å². The molecule has 5 rings (SSSR count). The summed E-state index contributed by atoms with van der Waals surface area (Å²) >= 11 is 0. The van der Waals surface area contributed by atoms with Gasteiger partial charge in [-0.1, -0.05) is 50.2 Å². The molecule has 1 N–H and O–H groups in total. The molecule has 2 fully saturated rings. The van der Waals surface area contributed by atoms with Gasteiger partial charge in [0.15, 0.2) is 0 Å². The van der Waals surface area contributed by atoms with E-state index in [4.69, 9.17) is 4.74 Å². The molecule has 2 nitrogen and oxygen atoms in total. The molecule has 0 aromatic heterocycles. The van der Waals surface area contributed by atoms with Crippen LogP contribution in [0, 0.1) is 23.2 Å². The topological polar surface area (TPSA) is 29.5 Å². The van der Waals surface area contributed by atoms with Gasteiger partial charge in [0, 0.05) is 6.61 Å². The maximum Gasteiger partial charge on any atom is 0.123 e. The summed E-state index contributed by atoms with van der Waals surface area (Å²) < 4.78 is 6.30. The fourth-order valence-corrected chi connectivity index (χ4v) is 7.20. The lowest BCUT2D eigenvalue weighted by Crippen LogP contribution is -2.43. The Morgan fingerprint density at radius 3 is 2.67 bits per heavy atom. The SMILES string of the molecule is CCc1cc2c(cc1OCc1ccccc1)CC[C@@H]1[C@@H]2CC[C@]2(C)[C@@H](CO)CC[C@@H]12. The molecule has 3 aliphatic rings. The molecule has 2 saturated carbocycles. The number of fused-ring (bicyclic) bond motifs is 5. The van der Waals surface area contributed by atoms with Crippen molar-refractivity contribution in [1.82, 2.24) is 0 Å². The van der Waals surface area contributed by atoms with Crippen LogP contribution in [0.25, 0.3) is 0 Å². The molecule has 0 radical (unpaired) electrons. The molecule has 0 bridgehead atoms. The molecule has 30 heavy (non-hydrogen) atoms. The Balaban J connectivity index is 1.40. The Bertz CT molecular complexity index is 889. The summed E-state index contributed by atoms with van der Waals surface area (Å²) in [4.78, 5) is 0. The third kappa shape index (κ3) is 3.28. The Hall–Kier alpha value is -1.80. The van der Waals surface area contributed by atoms with Crippen molar-refractivity contribution in [3.63, 3.8) is 0 Å². The van der Waals surface area contributed by atoms with E-state index in [1.54, 1.807) is 5.56 Å². The molecule has 2 heteroatoms. The number of hydrogen-bond donors (Lipinski definition) is 1. The number of hydrogen-bond acceptors (Lipinski definition) is 2. The Morgan fingerprint density at radius 1 is 1.07 bits per heavy atom. The molecule has 0 amide bonds. The average Bonchev–Trinajstić information content (AvgIpc) is 3.13. The molecule has 0 aliphatic heterocycles. The summed E-state index contributed by atoms with van der Waals surface area (Å²) in [6, 6.07) is 15.3. The van der Waals surface area contributed by atoms with Gasteiger partial charge in [-0.05, 0) is 102 Å². The lowest BCUT2D eigenvalue weighted by Gasteiger charge is -2.51. The van der Waals surface area contributed by atoms with Crippen LogP contribution < -0.4 is 4.74 Å². The van der Waals surface area contributed by atoms with Crippen LogP contribution in [0.4, 0.5) is 0 Å². The lowest BCUT2D eigenvalue weighted by molar-refractivity contribution is 0.00953. The van der Waals surface area contributed by atoms with Crippen molar-refractivity contribution in [2.45, 2.75) is 71.3 Å². The number of aliphatic hydroxyl groups excluding tert-OH is 1. The molecular formula is C28H36O2. The van der Waals surface area contributed by atoms with Crippen LogP contribution >= 0.6 is 0 Å². The molecule has 0 heterocycles. The summed E-state index contributed by atoms with van der Waals surface area (Å²) in [5, 5.41) is 9.94. The predicted molar refractivity (Wildman–Crippen MR) is 122 cm³/mol. The fraction of sp³-hybridized carbons (Fsp3) is 0.571. The van der Waals surface area contributed by atoms with E-state index in [-0.39, 0.29) is 0 Å². The first-order chi connectivity index (χ1) is 14.6. The van der Waals surface area contributed by atoms with E-state index in [0.717, 1.165) is 24.0 Å². The van der Waals surface area contributed by atoms with E-state index in [1.165, 1.54) is 55.2 Å². The van der Waals surface area contributed by atoms with Crippen molar-refractivity contribution >= 4 is 0 Å². The minimum Gasteiger partial charge on any atom is -0.489 e. The molecule has 5 atom stereocenters. The molecule has 0 unspecified atom stereocenters. The largest absolute Gasteiger partial charge is 0.489 e. The second-order valence-corrected chi connectivity index (χ2v) is 10.2. The monoisotopic (exact) mass is 404 g/mol. The Morgan fingerprint density at radius 2 is 1.90 bits per heavy atom. The zero-order valence-electron chi connectivity index (χ0n) is 18.6. The van der Waals surface area contributed by atoms with E-state index in [0.29, 0.717) is 30.5 Å². The van der Waals surface area contributed by atoms with Crippen molar-refractivity contribution in [3.05, 3.63) is 64.7 Å². The van der Waals surface area contributed by atoms with Crippen LogP contribution in [0.5, 0.6) is 5.75 Å². The van der Waals surface area contributed by atoms with Crippen LogP contribution in [0.3, 0.4) is 0 Å². The van der Waals surface area contributed by atoms with Crippen molar-refractivity contribution < 1.29 is 9.84 Å². The highest BCUT2D eigenvalue weighted by Gasteiger charge is 2.54. The predicted octanol–water partition coefficient (Wildman–Crippen LogP) is 6.29. The van der Waals surface area contributed by atoms with Crippen LogP contribution in [0.1, 0.15) is 74.1 Å². The third-order valence-corrected chi connectivity index (χ3v) is 8.94. The second kappa shape index (κ2) is 8.04. The zero-order valence-corrected chi connectivity index (χ0v) is 18.6. The molecule has 2 aromatic rings. The summed E-state index contributed by atoms with van der Waals surface area (Å²) in [7, 11) is 0. The van der Waals surface area contributed by atoms with Gasteiger partial charge >= 0.3 is 0 Å². The molecule has 160 valence electrons. The van der Waals surface area contributed by atoms with E-state index >= 15 is 0 Å². The van der Waals surface area contributed by atoms with Crippen LogP contribution in [0.15, 0.2) is 42.5 Å². The van der Waals surface area contributed by atoms with Crippen molar-refractivity contribution in [2.75, 3.05) is 6.61 Å². The Labute approximate surface area is 181 Å². The fourth-order valence-electron chi connectivity index (χ4n) is 7.20. The van der Waals surface area contributed by atoms with Gasteiger partial charge in [0.2, 0.25) is 0 Å². The van der Waals surface area contributed by atoms with Crippen LogP contribution in [-0.4, -0.2) is 11.7 Å². The second-order valence-electron chi connectivity index (χ2n) is 10.2. The van der Waals surface area contributed by atoms with E-state index in [1.807, 2.05) is 0 Å². The van der Waals surface area contributed by atoms with Gasteiger partial charge in [-0.25, -0.2) is 0 Å². The minimum absolute atomic E-state index is 0.361. The average molecular weight is 405 g/mol. The smallest absolute Gasteiger partial charge is 0.123 e. The van der Waals surface area contributed by atoms with Gasteiger partial charge in [0.05, 0.1) is 0 Å². The molecule has 0 saturated heterocycles. The third-order valence-electron chi connectivity index (χ3n) is 8.94. The number of aliphatic hydroxyl groups is 1. The number of ether oxygens (including phenoxy) is 1. The number of benzene rings is 2. The normalized spacial score (nSPS) is 32.2. The summed E-state index contributed by atoms with van der Waals surface area (Å²) in [6.07, 6.45) is 8.60. The summed E-state index contributed by atoms with van der Waals surface area (Å²) in [6.45, 7) is 5.75. The first kappa shape index (κ1) is 20.1. The standard InChI is InChI=1S/C28H36O2/c1-3-20-15-25-21(16-27(20)30-18-19-7-5-4-6-8-19)9-11-24-23(25)13-14-28(2)22(17-29)10-12-26(24)28/h4-8,15-16,22-24,26,29H,3,9-14,17-18H2,1-2H3/t22-,23+,24-,26+,28-/m1/s1. The molecular weight excluding hydrogens is 368 g/mol. The van der Waals surface area contributed by atoms with Gasteiger partial charge in [-0.3, -0.25) is 0 Å². The summed E-state index contributed by atoms with van der Waals surface area (Å²) in [5.41, 5.74) is 6.09.